The fraction of sp³-hybridized carbons (Fsp3) is 0.909. The number of unbranched alkanes of at least 4 members (excludes halogenated alkanes) is 2. The summed E-state index contributed by atoms with van der Waals surface area (Å²) in [4.78, 5) is 11.1. The van der Waals surface area contributed by atoms with Gasteiger partial charge in [-0.3, -0.25) is 10.5 Å². The van der Waals surface area contributed by atoms with Crippen molar-refractivity contribution >= 4 is 5.97 Å². The maximum atomic E-state index is 11.1. The fourth-order valence-corrected chi connectivity index (χ4v) is 1.23. The van der Waals surface area contributed by atoms with Gasteiger partial charge in [0.1, 0.15) is 6.23 Å². The molecule has 1 atom stereocenters. The molecule has 0 saturated carbocycles. The van der Waals surface area contributed by atoms with Crippen LogP contribution in [0, 0.1) is 0 Å². The van der Waals surface area contributed by atoms with Gasteiger partial charge in [-0.15, -0.1) is 0 Å². The molecule has 0 saturated heterocycles. The van der Waals surface area contributed by atoms with Gasteiger partial charge in [0.15, 0.2) is 0 Å². The third kappa shape index (κ3) is 11.3. The summed E-state index contributed by atoms with van der Waals surface area (Å²) >= 11 is 0. The smallest absolute Gasteiger partial charge is 0.307 e. The maximum absolute atomic E-state index is 11.1. The Morgan fingerprint density at radius 2 is 1.93 bits per heavy atom. The van der Waals surface area contributed by atoms with E-state index in [2.05, 4.69) is 19.2 Å². The third-order valence-electron chi connectivity index (χ3n) is 1.93. The molecule has 0 spiro atoms. The van der Waals surface area contributed by atoms with E-state index in [-0.39, 0.29) is 5.97 Å². The molecule has 0 aliphatic carbocycles. The minimum absolute atomic E-state index is 0.193. The molecule has 0 aromatic heterocycles. The van der Waals surface area contributed by atoms with Gasteiger partial charge in [0.25, 0.3) is 0 Å². The standard InChI is InChI=1S/C11H24N2O2/c1-9(2)13-8-6-4-5-7-11(14)15-10(3)12/h9-10,13H,4-8,12H2,1-3H3. The minimum atomic E-state index is -0.486. The Balaban J connectivity index is 3.20. The summed E-state index contributed by atoms with van der Waals surface area (Å²) in [5.74, 6) is -0.193. The molecule has 0 fully saturated rings. The lowest BCUT2D eigenvalue weighted by Gasteiger charge is -2.08. The van der Waals surface area contributed by atoms with Crippen LogP contribution in [0.15, 0.2) is 0 Å². The van der Waals surface area contributed by atoms with Crippen molar-refractivity contribution in [1.82, 2.24) is 5.32 Å². The molecule has 0 radical (unpaired) electrons. The Labute approximate surface area is 92.6 Å². The second kappa shape index (κ2) is 8.68. The number of rotatable bonds is 8. The van der Waals surface area contributed by atoms with Crippen molar-refractivity contribution in [2.45, 2.75) is 58.7 Å². The van der Waals surface area contributed by atoms with Crippen LogP contribution < -0.4 is 11.1 Å². The molecular weight excluding hydrogens is 192 g/mol. The van der Waals surface area contributed by atoms with Crippen LogP contribution in [0.4, 0.5) is 0 Å². The first-order valence-electron chi connectivity index (χ1n) is 5.71. The summed E-state index contributed by atoms with van der Waals surface area (Å²) in [5.41, 5.74) is 5.33. The molecule has 0 aromatic rings. The second-order valence-electron chi connectivity index (χ2n) is 4.11. The molecule has 90 valence electrons. The minimum Gasteiger partial charge on any atom is -0.447 e. The largest absolute Gasteiger partial charge is 0.447 e. The zero-order valence-corrected chi connectivity index (χ0v) is 10.1. The molecule has 0 aliphatic rings. The molecule has 15 heavy (non-hydrogen) atoms. The van der Waals surface area contributed by atoms with Crippen molar-refractivity contribution in [2.24, 2.45) is 5.73 Å². The topological polar surface area (TPSA) is 64.3 Å². The Bertz CT molecular complexity index is 170. The highest BCUT2D eigenvalue weighted by Gasteiger charge is 2.04. The van der Waals surface area contributed by atoms with E-state index in [1.54, 1.807) is 6.92 Å². The van der Waals surface area contributed by atoms with Crippen molar-refractivity contribution in [3.63, 3.8) is 0 Å². The molecule has 0 bridgehead atoms. The lowest BCUT2D eigenvalue weighted by Crippen LogP contribution is -2.24. The van der Waals surface area contributed by atoms with Crippen LogP contribution in [0.3, 0.4) is 0 Å². The highest BCUT2D eigenvalue weighted by Crippen LogP contribution is 2.01. The Morgan fingerprint density at radius 3 is 2.47 bits per heavy atom. The number of nitrogens with two attached hydrogens (primary N) is 1. The SMILES string of the molecule is CC(C)NCCCCCC(=O)OC(C)N. The first-order chi connectivity index (χ1) is 7.02. The molecule has 0 rings (SSSR count). The average Bonchev–Trinajstić information content (AvgIpc) is 2.09. The number of hydrogen-bond acceptors (Lipinski definition) is 4. The summed E-state index contributed by atoms with van der Waals surface area (Å²) in [5, 5.41) is 3.33. The van der Waals surface area contributed by atoms with E-state index in [1.807, 2.05) is 0 Å². The van der Waals surface area contributed by atoms with Gasteiger partial charge in [-0.25, -0.2) is 0 Å². The van der Waals surface area contributed by atoms with Gasteiger partial charge < -0.3 is 10.1 Å². The summed E-state index contributed by atoms with van der Waals surface area (Å²) < 4.78 is 4.82. The average molecular weight is 216 g/mol. The van der Waals surface area contributed by atoms with Crippen LogP contribution in [0.2, 0.25) is 0 Å². The van der Waals surface area contributed by atoms with Crippen LogP contribution in [0.5, 0.6) is 0 Å². The van der Waals surface area contributed by atoms with Crippen LogP contribution in [0.25, 0.3) is 0 Å². The van der Waals surface area contributed by atoms with Crippen molar-refractivity contribution in [1.29, 1.82) is 0 Å². The number of nitrogens with one attached hydrogen (secondary N) is 1. The first-order valence-corrected chi connectivity index (χ1v) is 5.71. The summed E-state index contributed by atoms with van der Waals surface area (Å²) in [6.45, 7) is 6.92. The highest BCUT2D eigenvalue weighted by molar-refractivity contribution is 5.69. The van der Waals surface area contributed by atoms with E-state index in [0.717, 1.165) is 25.8 Å². The van der Waals surface area contributed by atoms with E-state index in [4.69, 9.17) is 10.5 Å². The fourth-order valence-electron chi connectivity index (χ4n) is 1.23. The monoisotopic (exact) mass is 216 g/mol. The maximum Gasteiger partial charge on any atom is 0.307 e. The Morgan fingerprint density at radius 1 is 1.27 bits per heavy atom. The van der Waals surface area contributed by atoms with E-state index < -0.39 is 6.23 Å². The molecule has 1 unspecified atom stereocenters. The van der Waals surface area contributed by atoms with Crippen LogP contribution >= 0.6 is 0 Å². The van der Waals surface area contributed by atoms with E-state index >= 15 is 0 Å². The zero-order chi connectivity index (χ0) is 11.7. The molecule has 3 N–H and O–H groups in total. The Hall–Kier alpha value is -0.610. The second-order valence-corrected chi connectivity index (χ2v) is 4.11. The van der Waals surface area contributed by atoms with Crippen molar-refractivity contribution in [3.8, 4) is 0 Å². The van der Waals surface area contributed by atoms with Crippen LogP contribution in [-0.2, 0) is 9.53 Å². The highest BCUT2D eigenvalue weighted by atomic mass is 16.5. The third-order valence-corrected chi connectivity index (χ3v) is 1.93. The first kappa shape index (κ1) is 14.4. The number of esters is 1. The molecule has 0 aliphatic heterocycles. The summed E-state index contributed by atoms with van der Waals surface area (Å²) in [6.07, 6.45) is 3.02. The number of carbonyl (C=O) groups is 1. The Kier molecular flexibility index (Phi) is 8.33. The van der Waals surface area contributed by atoms with Gasteiger partial charge in [-0.05, 0) is 26.3 Å². The number of hydrogen-bond donors (Lipinski definition) is 2. The summed E-state index contributed by atoms with van der Waals surface area (Å²) in [6, 6.07) is 0.535. The molecule has 4 heteroatoms. The lowest BCUT2D eigenvalue weighted by atomic mass is 10.2. The predicted molar refractivity (Wildman–Crippen MR) is 61.3 cm³/mol. The molecule has 0 amide bonds. The zero-order valence-electron chi connectivity index (χ0n) is 10.1. The van der Waals surface area contributed by atoms with Crippen molar-refractivity contribution in [2.75, 3.05) is 6.54 Å². The predicted octanol–water partition coefficient (Wildman–Crippen LogP) is 1.39. The van der Waals surface area contributed by atoms with Gasteiger partial charge in [0, 0.05) is 12.5 Å². The van der Waals surface area contributed by atoms with E-state index in [9.17, 15) is 4.79 Å². The van der Waals surface area contributed by atoms with Crippen molar-refractivity contribution < 1.29 is 9.53 Å². The molecule has 0 heterocycles. The molecular formula is C11H24N2O2. The lowest BCUT2D eigenvalue weighted by molar-refractivity contribution is -0.148. The van der Waals surface area contributed by atoms with Gasteiger partial charge in [-0.1, -0.05) is 20.3 Å². The quantitative estimate of drug-likeness (QED) is 0.365. The van der Waals surface area contributed by atoms with Gasteiger partial charge in [0.05, 0.1) is 0 Å². The number of ether oxygens (including phenoxy) is 1. The normalized spacial score (nSPS) is 12.9. The van der Waals surface area contributed by atoms with Gasteiger partial charge in [0.2, 0.25) is 0 Å². The van der Waals surface area contributed by atoms with Gasteiger partial charge >= 0.3 is 5.97 Å². The van der Waals surface area contributed by atoms with E-state index in [1.165, 1.54) is 0 Å². The van der Waals surface area contributed by atoms with Crippen LogP contribution in [0.1, 0.15) is 46.5 Å². The molecule has 4 nitrogen and oxygen atoms in total. The van der Waals surface area contributed by atoms with Crippen molar-refractivity contribution in [3.05, 3.63) is 0 Å². The summed E-state index contributed by atoms with van der Waals surface area (Å²) in [7, 11) is 0. The molecule has 0 aromatic carbocycles. The van der Waals surface area contributed by atoms with Gasteiger partial charge in [-0.2, -0.15) is 0 Å². The van der Waals surface area contributed by atoms with Crippen LogP contribution in [-0.4, -0.2) is 24.8 Å². The van der Waals surface area contributed by atoms with E-state index in [0.29, 0.717) is 12.5 Å². The number of carbonyl (C=O) groups excluding carboxylic acids is 1.